The highest BCUT2D eigenvalue weighted by Gasteiger charge is 2.06. The second-order valence-corrected chi connectivity index (χ2v) is 4.06. The number of aliphatic hydroxyl groups excluding tert-OH is 1. The molecule has 0 aliphatic heterocycles. The summed E-state index contributed by atoms with van der Waals surface area (Å²) in [5.41, 5.74) is 2.04. The number of aromatic nitrogens is 1. The molecule has 0 bridgehead atoms. The number of amides is 1. The maximum atomic E-state index is 11.9. The Morgan fingerprint density at radius 2 is 2.00 bits per heavy atom. The van der Waals surface area contributed by atoms with Crippen molar-refractivity contribution in [3.05, 3.63) is 65.5 Å². The van der Waals surface area contributed by atoms with E-state index in [-0.39, 0.29) is 12.5 Å². The number of carbonyl (C=O) groups excluding carboxylic acids is 1. The standard InChI is InChI=1S/C16H14N2O2/c19-10-4-7-14-8-9-15(17-11-14)16(20)18-12-13-5-2-1-3-6-13/h1-3,5-6,8-9,11,19H,10,12H2,(H,18,20). The third-order valence-corrected chi connectivity index (χ3v) is 2.60. The maximum Gasteiger partial charge on any atom is 0.270 e. The molecule has 4 nitrogen and oxygen atoms in total. The highest BCUT2D eigenvalue weighted by Crippen LogP contribution is 2.01. The van der Waals surface area contributed by atoms with Crippen LogP contribution >= 0.6 is 0 Å². The monoisotopic (exact) mass is 266 g/mol. The highest BCUT2D eigenvalue weighted by atomic mass is 16.2. The van der Waals surface area contributed by atoms with Crippen molar-refractivity contribution >= 4 is 5.91 Å². The van der Waals surface area contributed by atoms with Gasteiger partial charge in [0.25, 0.3) is 5.91 Å². The molecule has 0 unspecified atom stereocenters. The van der Waals surface area contributed by atoms with Crippen LogP contribution in [-0.4, -0.2) is 22.6 Å². The Labute approximate surface area is 117 Å². The van der Waals surface area contributed by atoms with Crippen molar-refractivity contribution in [3.63, 3.8) is 0 Å². The summed E-state index contributed by atoms with van der Waals surface area (Å²) in [7, 11) is 0. The van der Waals surface area contributed by atoms with Crippen LogP contribution in [-0.2, 0) is 6.54 Å². The quantitative estimate of drug-likeness (QED) is 0.824. The van der Waals surface area contributed by atoms with Crippen molar-refractivity contribution in [3.8, 4) is 11.8 Å². The van der Waals surface area contributed by atoms with Crippen molar-refractivity contribution < 1.29 is 9.90 Å². The molecule has 4 heteroatoms. The minimum Gasteiger partial charge on any atom is -0.384 e. The van der Waals surface area contributed by atoms with E-state index in [1.54, 1.807) is 12.1 Å². The molecule has 0 atom stereocenters. The molecule has 0 radical (unpaired) electrons. The fourth-order valence-electron chi connectivity index (χ4n) is 1.61. The Bertz CT molecular complexity index is 625. The van der Waals surface area contributed by atoms with Crippen LogP contribution in [0.1, 0.15) is 21.6 Å². The zero-order valence-electron chi connectivity index (χ0n) is 10.8. The summed E-state index contributed by atoms with van der Waals surface area (Å²) in [6, 6.07) is 13.0. The normalized spacial score (nSPS) is 9.45. The van der Waals surface area contributed by atoms with Gasteiger partial charge in [-0.25, -0.2) is 4.98 Å². The van der Waals surface area contributed by atoms with Gasteiger partial charge in [-0.1, -0.05) is 42.2 Å². The zero-order valence-corrected chi connectivity index (χ0v) is 10.8. The molecule has 100 valence electrons. The SMILES string of the molecule is O=C(NCc1ccccc1)c1ccc(C#CCO)cn1. The van der Waals surface area contributed by atoms with E-state index in [4.69, 9.17) is 5.11 Å². The van der Waals surface area contributed by atoms with Gasteiger partial charge in [-0.05, 0) is 17.7 Å². The van der Waals surface area contributed by atoms with E-state index in [2.05, 4.69) is 22.1 Å². The third-order valence-electron chi connectivity index (χ3n) is 2.60. The molecule has 0 fully saturated rings. The number of hydrogen-bond donors (Lipinski definition) is 2. The van der Waals surface area contributed by atoms with Crippen LogP contribution in [0.5, 0.6) is 0 Å². The molecule has 2 aromatic rings. The summed E-state index contributed by atoms with van der Waals surface area (Å²) < 4.78 is 0. The Hall–Kier alpha value is -2.64. The number of aliphatic hydroxyl groups is 1. The van der Waals surface area contributed by atoms with Gasteiger partial charge in [-0.2, -0.15) is 0 Å². The van der Waals surface area contributed by atoms with Gasteiger partial charge < -0.3 is 10.4 Å². The molecule has 1 heterocycles. The van der Waals surface area contributed by atoms with Crippen LogP contribution in [0.25, 0.3) is 0 Å². The first-order valence-corrected chi connectivity index (χ1v) is 6.17. The van der Waals surface area contributed by atoms with Gasteiger partial charge in [-0.15, -0.1) is 0 Å². The summed E-state index contributed by atoms with van der Waals surface area (Å²) in [5, 5.41) is 11.4. The van der Waals surface area contributed by atoms with Gasteiger partial charge in [-0.3, -0.25) is 4.79 Å². The molecule has 2 N–H and O–H groups in total. The van der Waals surface area contributed by atoms with E-state index in [1.165, 1.54) is 6.20 Å². The predicted molar refractivity (Wildman–Crippen MR) is 75.8 cm³/mol. The van der Waals surface area contributed by atoms with Crippen LogP contribution in [0.3, 0.4) is 0 Å². The first-order chi connectivity index (χ1) is 9.79. The van der Waals surface area contributed by atoms with Crippen LogP contribution < -0.4 is 5.32 Å². The Morgan fingerprint density at radius 1 is 1.20 bits per heavy atom. The van der Waals surface area contributed by atoms with Crippen LogP contribution in [0, 0.1) is 11.8 Å². The first-order valence-electron chi connectivity index (χ1n) is 6.17. The van der Waals surface area contributed by atoms with Crippen LogP contribution in [0.2, 0.25) is 0 Å². The van der Waals surface area contributed by atoms with E-state index in [0.29, 0.717) is 17.8 Å². The van der Waals surface area contributed by atoms with Crippen molar-refractivity contribution in [2.24, 2.45) is 0 Å². The summed E-state index contributed by atoms with van der Waals surface area (Å²) in [6.45, 7) is 0.271. The van der Waals surface area contributed by atoms with Gasteiger partial charge in [0.1, 0.15) is 12.3 Å². The molecule has 1 amide bonds. The number of nitrogens with one attached hydrogen (secondary N) is 1. The Kier molecular flexibility index (Phi) is 4.87. The predicted octanol–water partition coefficient (Wildman–Crippen LogP) is 1.36. The van der Waals surface area contributed by atoms with Gasteiger partial charge in [0.15, 0.2) is 0 Å². The first kappa shape index (κ1) is 13.8. The van der Waals surface area contributed by atoms with E-state index in [9.17, 15) is 4.79 Å². The molecule has 1 aromatic heterocycles. The summed E-state index contributed by atoms with van der Waals surface area (Å²) in [5.74, 6) is 5.02. The topological polar surface area (TPSA) is 62.2 Å². The summed E-state index contributed by atoms with van der Waals surface area (Å²) in [4.78, 5) is 15.9. The molecule has 0 saturated heterocycles. The van der Waals surface area contributed by atoms with Crippen molar-refractivity contribution in [1.82, 2.24) is 10.3 Å². The maximum absolute atomic E-state index is 11.9. The van der Waals surface area contributed by atoms with Crippen molar-refractivity contribution in [2.75, 3.05) is 6.61 Å². The second-order valence-electron chi connectivity index (χ2n) is 4.06. The van der Waals surface area contributed by atoms with Crippen molar-refractivity contribution in [2.45, 2.75) is 6.54 Å². The summed E-state index contributed by atoms with van der Waals surface area (Å²) >= 11 is 0. The number of benzene rings is 1. The Morgan fingerprint density at radius 3 is 2.65 bits per heavy atom. The molecule has 0 saturated carbocycles. The highest BCUT2D eigenvalue weighted by molar-refractivity contribution is 5.92. The third kappa shape index (κ3) is 3.94. The van der Waals surface area contributed by atoms with Gasteiger partial charge in [0, 0.05) is 18.3 Å². The van der Waals surface area contributed by atoms with Gasteiger partial charge in [0.05, 0.1) is 0 Å². The number of pyridine rings is 1. The zero-order chi connectivity index (χ0) is 14.2. The fraction of sp³-hybridized carbons (Fsp3) is 0.125. The summed E-state index contributed by atoms with van der Waals surface area (Å²) in [6.07, 6.45) is 1.51. The smallest absolute Gasteiger partial charge is 0.270 e. The molecular weight excluding hydrogens is 252 g/mol. The number of carbonyl (C=O) groups is 1. The van der Waals surface area contributed by atoms with Crippen molar-refractivity contribution in [1.29, 1.82) is 0 Å². The van der Waals surface area contributed by atoms with Crippen LogP contribution in [0.15, 0.2) is 48.7 Å². The largest absolute Gasteiger partial charge is 0.384 e. The number of rotatable bonds is 3. The minimum absolute atomic E-state index is 0.195. The van der Waals surface area contributed by atoms with E-state index in [0.717, 1.165) is 5.56 Å². The molecule has 0 spiro atoms. The van der Waals surface area contributed by atoms with Gasteiger partial charge in [0.2, 0.25) is 0 Å². The molecule has 20 heavy (non-hydrogen) atoms. The lowest BCUT2D eigenvalue weighted by atomic mass is 10.2. The van der Waals surface area contributed by atoms with Gasteiger partial charge >= 0.3 is 0 Å². The van der Waals surface area contributed by atoms with E-state index < -0.39 is 0 Å². The lowest BCUT2D eigenvalue weighted by Gasteiger charge is -2.04. The van der Waals surface area contributed by atoms with Crippen LogP contribution in [0.4, 0.5) is 0 Å². The number of nitrogens with zero attached hydrogens (tertiary/aromatic N) is 1. The lowest BCUT2D eigenvalue weighted by Crippen LogP contribution is -2.23. The average Bonchev–Trinajstić information content (AvgIpc) is 2.52. The molecule has 0 aliphatic carbocycles. The molecule has 2 rings (SSSR count). The van der Waals surface area contributed by atoms with E-state index >= 15 is 0 Å². The van der Waals surface area contributed by atoms with E-state index in [1.807, 2.05) is 30.3 Å². The Balaban J connectivity index is 1.96. The molecule has 1 aromatic carbocycles. The fourth-order valence-corrected chi connectivity index (χ4v) is 1.61. The molecule has 0 aliphatic rings. The second kappa shape index (κ2) is 7.07. The molecular formula is C16H14N2O2. The lowest BCUT2D eigenvalue weighted by molar-refractivity contribution is 0.0946. The minimum atomic E-state index is -0.226. The average molecular weight is 266 g/mol. The number of hydrogen-bond acceptors (Lipinski definition) is 3.